The van der Waals surface area contributed by atoms with Gasteiger partial charge in [-0.05, 0) is 43.4 Å². The second-order valence-corrected chi connectivity index (χ2v) is 7.89. The predicted octanol–water partition coefficient (Wildman–Crippen LogP) is 3.56. The van der Waals surface area contributed by atoms with Gasteiger partial charge in [-0.25, -0.2) is 0 Å². The smallest absolute Gasteiger partial charge is 0.308 e. The molecule has 2 fully saturated rings. The summed E-state index contributed by atoms with van der Waals surface area (Å²) < 4.78 is 5.99. The van der Waals surface area contributed by atoms with Crippen LogP contribution in [0.5, 0.6) is 0 Å². The highest BCUT2D eigenvalue weighted by atomic mass is 127. The largest absolute Gasteiger partial charge is 0.469 e. The first kappa shape index (κ1) is 21.5. The van der Waals surface area contributed by atoms with E-state index in [9.17, 15) is 4.79 Å². The first-order chi connectivity index (χ1) is 12.1. The van der Waals surface area contributed by atoms with Crippen molar-refractivity contribution in [3.63, 3.8) is 0 Å². The number of esters is 1. The lowest BCUT2D eigenvalue weighted by atomic mass is 9.96. The lowest BCUT2D eigenvalue weighted by molar-refractivity contribution is -0.146. The van der Waals surface area contributed by atoms with Gasteiger partial charge in [-0.15, -0.1) is 24.0 Å². The quantitative estimate of drug-likeness (QED) is 0.277. The summed E-state index contributed by atoms with van der Waals surface area (Å²) in [6.45, 7) is 2.57. The molecule has 0 spiro atoms. The molecule has 144 valence electrons. The van der Waals surface area contributed by atoms with Crippen LogP contribution in [-0.4, -0.2) is 50.6 Å². The molecule has 0 amide bonds. The van der Waals surface area contributed by atoms with E-state index >= 15 is 0 Å². The number of hydrogen-bond donors (Lipinski definition) is 1. The van der Waals surface area contributed by atoms with Gasteiger partial charge in [0, 0.05) is 36.6 Å². The predicted molar refractivity (Wildman–Crippen MR) is 118 cm³/mol. The van der Waals surface area contributed by atoms with Crippen molar-refractivity contribution in [2.45, 2.75) is 31.1 Å². The molecule has 1 heterocycles. The molecule has 0 aromatic heterocycles. The molecule has 1 aromatic carbocycles. The minimum absolute atomic E-state index is 0. The van der Waals surface area contributed by atoms with E-state index in [0.717, 1.165) is 42.9 Å². The fraction of sp³-hybridized carbons (Fsp3) is 0.579. The maximum absolute atomic E-state index is 11.7. The second-order valence-electron chi connectivity index (χ2n) is 6.98. The zero-order valence-corrected chi connectivity index (χ0v) is 19.2. The van der Waals surface area contributed by atoms with E-state index in [0.29, 0.717) is 0 Å². The van der Waals surface area contributed by atoms with Crippen LogP contribution < -0.4 is 5.32 Å². The number of benzene rings is 1. The Kier molecular flexibility index (Phi) is 7.76. The van der Waals surface area contributed by atoms with Gasteiger partial charge >= 0.3 is 5.97 Å². The van der Waals surface area contributed by atoms with Crippen LogP contribution in [-0.2, 0) is 14.9 Å². The molecular formula is C19H27BrIN3O2. The van der Waals surface area contributed by atoms with Crippen LogP contribution in [0, 0.1) is 5.92 Å². The van der Waals surface area contributed by atoms with Crippen LogP contribution in [0.15, 0.2) is 33.7 Å². The number of carbonyl (C=O) groups is 1. The average molecular weight is 536 g/mol. The van der Waals surface area contributed by atoms with Gasteiger partial charge in [0.15, 0.2) is 5.96 Å². The number of piperidine rings is 1. The van der Waals surface area contributed by atoms with E-state index in [1.165, 1.54) is 25.5 Å². The van der Waals surface area contributed by atoms with E-state index < -0.39 is 0 Å². The number of carbonyl (C=O) groups excluding carboxylic acids is 1. The molecule has 7 heteroatoms. The van der Waals surface area contributed by atoms with Crippen molar-refractivity contribution in [3.05, 3.63) is 34.3 Å². The third-order valence-electron chi connectivity index (χ3n) is 5.42. The molecule has 0 radical (unpaired) electrons. The third-order valence-corrected chi connectivity index (χ3v) is 5.91. The van der Waals surface area contributed by atoms with Crippen LogP contribution in [0.2, 0.25) is 0 Å². The number of halogens is 2. The number of methoxy groups -OCH3 is 1. The summed E-state index contributed by atoms with van der Waals surface area (Å²) in [5.41, 5.74) is 1.61. The lowest BCUT2D eigenvalue weighted by Gasteiger charge is -2.33. The van der Waals surface area contributed by atoms with Crippen LogP contribution in [0.3, 0.4) is 0 Å². The van der Waals surface area contributed by atoms with Crippen molar-refractivity contribution in [2.75, 3.05) is 33.8 Å². The van der Waals surface area contributed by atoms with E-state index in [4.69, 9.17) is 4.74 Å². The molecule has 1 aliphatic heterocycles. The van der Waals surface area contributed by atoms with Crippen molar-refractivity contribution in [1.82, 2.24) is 10.2 Å². The van der Waals surface area contributed by atoms with Crippen molar-refractivity contribution in [2.24, 2.45) is 10.9 Å². The van der Waals surface area contributed by atoms with E-state index in [1.54, 1.807) is 0 Å². The molecule has 1 N–H and O–H groups in total. The van der Waals surface area contributed by atoms with Gasteiger partial charge in [0.1, 0.15) is 0 Å². The van der Waals surface area contributed by atoms with Gasteiger partial charge in [0.05, 0.1) is 13.0 Å². The maximum Gasteiger partial charge on any atom is 0.308 e. The molecule has 2 aliphatic rings. The van der Waals surface area contributed by atoms with Crippen LogP contribution in [0.25, 0.3) is 0 Å². The summed E-state index contributed by atoms with van der Waals surface area (Å²) in [5.74, 6) is 0.870. The summed E-state index contributed by atoms with van der Waals surface area (Å²) in [6.07, 6.45) is 4.06. The number of guanidine groups is 1. The molecule has 26 heavy (non-hydrogen) atoms. The Morgan fingerprint density at radius 2 is 2.08 bits per heavy atom. The summed E-state index contributed by atoms with van der Waals surface area (Å²) in [7, 11) is 3.29. The monoisotopic (exact) mass is 535 g/mol. The van der Waals surface area contributed by atoms with Crippen molar-refractivity contribution >= 4 is 51.8 Å². The van der Waals surface area contributed by atoms with Gasteiger partial charge in [-0.1, -0.05) is 28.1 Å². The molecule has 1 aliphatic carbocycles. The van der Waals surface area contributed by atoms with Gasteiger partial charge in [0.25, 0.3) is 0 Å². The van der Waals surface area contributed by atoms with Gasteiger partial charge in [0.2, 0.25) is 0 Å². The minimum atomic E-state index is -0.0887. The highest BCUT2D eigenvalue weighted by Crippen LogP contribution is 2.48. The van der Waals surface area contributed by atoms with Gasteiger partial charge in [-0.2, -0.15) is 0 Å². The molecular weight excluding hydrogens is 509 g/mol. The molecule has 0 unspecified atom stereocenters. The van der Waals surface area contributed by atoms with E-state index in [2.05, 4.69) is 55.4 Å². The zero-order chi connectivity index (χ0) is 17.9. The molecule has 0 atom stereocenters. The highest BCUT2D eigenvalue weighted by molar-refractivity contribution is 14.0. The first-order valence-electron chi connectivity index (χ1n) is 8.87. The van der Waals surface area contributed by atoms with Crippen molar-refractivity contribution < 1.29 is 9.53 Å². The molecule has 1 saturated heterocycles. The molecule has 0 bridgehead atoms. The Hall–Kier alpha value is -0.830. The maximum atomic E-state index is 11.7. The lowest BCUT2D eigenvalue weighted by Crippen LogP contribution is -2.48. The molecule has 1 saturated carbocycles. The number of rotatable bonds is 4. The second kappa shape index (κ2) is 9.39. The van der Waals surface area contributed by atoms with Crippen molar-refractivity contribution in [3.8, 4) is 0 Å². The Bertz CT molecular complexity index is 656. The van der Waals surface area contributed by atoms with Crippen molar-refractivity contribution in [1.29, 1.82) is 0 Å². The number of nitrogens with one attached hydrogen (secondary N) is 1. The van der Waals surface area contributed by atoms with Crippen LogP contribution in [0.1, 0.15) is 31.2 Å². The van der Waals surface area contributed by atoms with E-state index in [1.807, 2.05) is 7.05 Å². The number of hydrogen-bond acceptors (Lipinski definition) is 3. The molecule has 3 rings (SSSR count). The SMILES string of the molecule is CN=C(NCC1(c2cccc(Br)c2)CC1)N1CCC(C(=O)OC)CC1.I. The van der Waals surface area contributed by atoms with Gasteiger partial charge < -0.3 is 15.0 Å². The standard InChI is InChI=1S/C19H26BrN3O2.HI/c1-21-18(23-10-6-14(7-11-23)17(24)25-2)22-13-19(8-9-19)15-4-3-5-16(20)12-15;/h3-5,12,14H,6-11,13H2,1-2H3,(H,21,22);1H. The normalized spacial score (nSPS) is 19.5. The summed E-state index contributed by atoms with van der Waals surface area (Å²) in [4.78, 5) is 18.4. The Morgan fingerprint density at radius 1 is 1.38 bits per heavy atom. The highest BCUT2D eigenvalue weighted by Gasteiger charge is 2.44. The zero-order valence-electron chi connectivity index (χ0n) is 15.3. The van der Waals surface area contributed by atoms with E-state index in [-0.39, 0.29) is 41.3 Å². The number of nitrogens with zero attached hydrogens (tertiary/aromatic N) is 2. The van der Waals surface area contributed by atoms with Gasteiger partial charge in [-0.3, -0.25) is 9.79 Å². The minimum Gasteiger partial charge on any atom is -0.469 e. The molecule has 1 aromatic rings. The number of ether oxygens (including phenoxy) is 1. The van der Waals surface area contributed by atoms with Crippen LogP contribution >= 0.6 is 39.9 Å². The Morgan fingerprint density at radius 3 is 2.62 bits per heavy atom. The fourth-order valence-electron chi connectivity index (χ4n) is 3.61. The van der Waals surface area contributed by atoms with Crippen LogP contribution in [0.4, 0.5) is 0 Å². The topological polar surface area (TPSA) is 53.9 Å². The fourth-order valence-corrected chi connectivity index (χ4v) is 4.01. The third kappa shape index (κ3) is 4.91. The summed E-state index contributed by atoms with van der Waals surface area (Å²) >= 11 is 3.57. The average Bonchev–Trinajstić information content (AvgIpc) is 3.43. The number of aliphatic imine (C=N–C) groups is 1. The number of likely N-dealkylation sites (tertiary alicyclic amines) is 1. The molecule has 5 nitrogen and oxygen atoms in total. The summed E-state index contributed by atoms with van der Waals surface area (Å²) in [5, 5.41) is 3.56. The summed E-state index contributed by atoms with van der Waals surface area (Å²) in [6, 6.07) is 8.60. The first-order valence-corrected chi connectivity index (χ1v) is 9.67. The Labute approximate surface area is 181 Å². The Balaban J connectivity index is 0.00000243.